The zero-order valence-corrected chi connectivity index (χ0v) is 17.1. The van der Waals surface area contributed by atoms with Crippen molar-refractivity contribution in [1.29, 1.82) is 0 Å². The van der Waals surface area contributed by atoms with Crippen LogP contribution in [0.15, 0.2) is 42.5 Å². The largest absolute Gasteiger partial charge is 0.506 e. The third-order valence-corrected chi connectivity index (χ3v) is 6.07. The maximum absolute atomic E-state index is 11.0. The minimum Gasteiger partial charge on any atom is -0.506 e. The second-order valence-corrected chi connectivity index (χ2v) is 7.85. The van der Waals surface area contributed by atoms with Gasteiger partial charge in [0.25, 0.3) is 0 Å². The Morgan fingerprint density at radius 1 is 0.455 bits per heavy atom. The molecule has 0 aliphatic carbocycles. The molecule has 166 valence electrons. The van der Waals surface area contributed by atoms with Gasteiger partial charge in [-0.25, -0.2) is 0 Å². The average molecular weight is 446 g/mol. The van der Waals surface area contributed by atoms with Crippen LogP contribution in [0.25, 0.3) is 43.4 Å². The van der Waals surface area contributed by atoms with Crippen LogP contribution < -0.4 is 0 Å². The Kier molecular flexibility index (Phi) is 4.06. The van der Waals surface area contributed by atoms with Crippen LogP contribution in [-0.2, 0) is 0 Å². The number of aryl methyl sites for hydroxylation is 1. The summed E-state index contributed by atoms with van der Waals surface area (Å²) in [5, 5.41) is 84.6. The van der Waals surface area contributed by atoms with Crippen molar-refractivity contribution in [1.82, 2.24) is 0 Å². The molecular formula is C25H18O8. The van der Waals surface area contributed by atoms with Gasteiger partial charge in [-0.1, -0.05) is 36.4 Å². The Morgan fingerprint density at radius 3 is 1.61 bits per heavy atom. The van der Waals surface area contributed by atoms with E-state index in [2.05, 4.69) is 0 Å². The molecule has 5 aromatic rings. The number of phenols is 8. The summed E-state index contributed by atoms with van der Waals surface area (Å²) in [5.74, 6) is -7.01. The fourth-order valence-electron chi connectivity index (χ4n) is 4.43. The van der Waals surface area contributed by atoms with Gasteiger partial charge in [0.1, 0.15) is 5.75 Å². The number of hydrogen-bond donors (Lipinski definition) is 8. The molecule has 0 atom stereocenters. The van der Waals surface area contributed by atoms with Crippen molar-refractivity contribution in [3.63, 3.8) is 0 Å². The van der Waals surface area contributed by atoms with Crippen LogP contribution in [0.2, 0.25) is 0 Å². The first kappa shape index (κ1) is 20.2. The normalized spacial score (nSPS) is 11.5. The Hall–Kier alpha value is -4.72. The topological polar surface area (TPSA) is 162 Å². The molecule has 5 rings (SSSR count). The van der Waals surface area contributed by atoms with Crippen LogP contribution in [-0.4, -0.2) is 40.9 Å². The highest BCUT2D eigenvalue weighted by molar-refractivity contribution is 6.24. The van der Waals surface area contributed by atoms with Gasteiger partial charge in [-0.15, -0.1) is 0 Å². The molecule has 0 aliphatic rings. The summed E-state index contributed by atoms with van der Waals surface area (Å²) >= 11 is 0. The second-order valence-electron chi connectivity index (χ2n) is 7.85. The van der Waals surface area contributed by atoms with E-state index in [1.165, 1.54) is 6.92 Å². The molecule has 33 heavy (non-hydrogen) atoms. The summed E-state index contributed by atoms with van der Waals surface area (Å²) in [4.78, 5) is 0. The van der Waals surface area contributed by atoms with Crippen molar-refractivity contribution < 1.29 is 40.9 Å². The van der Waals surface area contributed by atoms with E-state index in [0.717, 1.165) is 10.8 Å². The predicted octanol–water partition coefficient (Wildman–Crippen LogP) is 4.77. The molecule has 8 heteroatoms. The van der Waals surface area contributed by atoms with Crippen LogP contribution in [0.4, 0.5) is 0 Å². The van der Waals surface area contributed by atoms with Gasteiger partial charge >= 0.3 is 0 Å². The lowest BCUT2D eigenvalue weighted by Gasteiger charge is -2.20. The first-order valence-corrected chi connectivity index (χ1v) is 9.85. The number of aromatic hydroxyl groups is 8. The van der Waals surface area contributed by atoms with Gasteiger partial charge in [0, 0.05) is 21.9 Å². The van der Waals surface area contributed by atoms with E-state index in [4.69, 9.17) is 0 Å². The number of rotatable bonds is 1. The highest BCUT2D eigenvalue weighted by atomic mass is 16.3. The van der Waals surface area contributed by atoms with Crippen molar-refractivity contribution in [2.24, 2.45) is 0 Å². The summed E-state index contributed by atoms with van der Waals surface area (Å²) in [7, 11) is 0. The molecule has 5 aromatic carbocycles. The van der Waals surface area contributed by atoms with Gasteiger partial charge < -0.3 is 40.9 Å². The molecule has 0 bridgehead atoms. The van der Waals surface area contributed by atoms with E-state index in [1.54, 1.807) is 18.2 Å². The minimum atomic E-state index is -1.07. The summed E-state index contributed by atoms with van der Waals surface area (Å²) in [6.07, 6.45) is 0. The highest BCUT2D eigenvalue weighted by Gasteiger charge is 2.30. The molecule has 0 amide bonds. The van der Waals surface area contributed by atoms with Crippen molar-refractivity contribution >= 4 is 32.3 Å². The van der Waals surface area contributed by atoms with Gasteiger partial charge in [0.05, 0.1) is 10.8 Å². The number of fused-ring (bicyclic) bond motifs is 3. The Morgan fingerprint density at radius 2 is 0.970 bits per heavy atom. The molecule has 0 unspecified atom stereocenters. The third kappa shape index (κ3) is 2.51. The van der Waals surface area contributed by atoms with Gasteiger partial charge in [0.2, 0.25) is 17.2 Å². The van der Waals surface area contributed by atoms with Gasteiger partial charge in [-0.05, 0) is 29.3 Å². The van der Waals surface area contributed by atoms with Crippen LogP contribution in [0.5, 0.6) is 46.0 Å². The number of benzene rings is 5. The van der Waals surface area contributed by atoms with E-state index in [1.807, 2.05) is 24.3 Å². The lowest BCUT2D eigenvalue weighted by molar-refractivity contribution is 0.350. The fourth-order valence-corrected chi connectivity index (χ4v) is 4.43. The van der Waals surface area contributed by atoms with E-state index < -0.39 is 51.4 Å². The average Bonchev–Trinajstić information content (AvgIpc) is 2.82. The van der Waals surface area contributed by atoms with Crippen LogP contribution in [0.1, 0.15) is 5.56 Å². The molecule has 0 radical (unpaired) electrons. The first-order chi connectivity index (χ1) is 15.6. The quantitative estimate of drug-likeness (QED) is 0.104. The maximum Gasteiger partial charge on any atom is 0.205 e. The lowest BCUT2D eigenvalue weighted by Crippen LogP contribution is -1.93. The van der Waals surface area contributed by atoms with Crippen molar-refractivity contribution in [2.45, 2.75) is 6.92 Å². The fraction of sp³-hybridized carbons (Fsp3) is 0.0400. The van der Waals surface area contributed by atoms with Gasteiger partial charge in [-0.3, -0.25) is 0 Å². The first-order valence-electron chi connectivity index (χ1n) is 9.85. The molecular weight excluding hydrogens is 428 g/mol. The van der Waals surface area contributed by atoms with Gasteiger partial charge in [0.15, 0.2) is 23.0 Å². The molecule has 0 aliphatic heterocycles. The molecule has 0 heterocycles. The zero-order chi connectivity index (χ0) is 23.8. The summed E-state index contributed by atoms with van der Waals surface area (Å²) < 4.78 is 0. The summed E-state index contributed by atoms with van der Waals surface area (Å²) in [5.41, 5.74) is 0.637. The van der Waals surface area contributed by atoms with E-state index in [9.17, 15) is 40.9 Å². The Labute approximate surface area is 185 Å². The maximum atomic E-state index is 11.0. The predicted molar refractivity (Wildman–Crippen MR) is 122 cm³/mol. The smallest absolute Gasteiger partial charge is 0.205 e. The van der Waals surface area contributed by atoms with E-state index in [0.29, 0.717) is 5.56 Å². The van der Waals surface area contributed by atoms with Crippen LogP contribution in [0.3, 0.4) is 0 Å². The molecule has 8 N–H and O–H groups in total. The minimum absolute atomic E-state index is 0.0582. The molecule has 8 nitrogen and oxygen atoms in total. The summed E-state index contributed by atoms with van der Waals surface area (Å²) in [6, 6.07) is 12.7. The highest BCUT2D eigenvalue weighted by Crippen LogP contribution is 2.60. The number of hydrogen-bond acceptors (Lipinski definition) is 8. The molecule has 0 saturated carbocycles. The molecule has 0 fully saturated rings. The van der Waals surface area contributed by atoms with E-state index in [-0.39, 0.29) is 27.3 Å². The van der Waals surface area contributed by atoms with Crippen LogP contribution >= 0.6 is 0 Å². The van der Waals surface area contributed by atoms with Crippen molar-refractivity contribution in [3.8, 4) is 57.1 Å². The number of phenolic OH excluding ortho intramolecular Hbond substituents is 8. The van der Waals surface area contributed by atoms with E-state index >= 15 is 0 Å². The SMILES string of the molecule is Cc1c(O)c(O)c(O)c2c(O)c3c(O)c(O)c(O)c(O)c3c(-c3ccc4ccccc4c3)c12. The second kappa shape index (κ2) is 6.64. The summed E-state index contributed by atoms with van der Waals surface area (Å²) in [6.45, 7) is 1.43. The Bertz CT molecular complexity index is 1570. The monoisotopic (exact) mass is 446 g/mol. The molecule has 0 saturated heterocycles. The van der Waals surface area contributed by atoms with Crippen molar-refractivity contribution in [3.05, 3.63) is 48.0 Å². The van der Waals surface area contributed by atoms with Gasteiger partial charge in [-0.2, -0.15) is 0 Å². The zero-order valence-electron chi connectivity index (χ0n) is 17.1. The third-order valence-electron chi connectivity index (χ3n) is 6.07. The molecule has 0 spiro atoms. The molecule has 0 aromatic heterocycles. The van der Waals surface area contributed by atoms with Crippen molar-refractivity contribution in [2.75, 3.05) is 0 Å². The van der Waals surface area contributed by atoms with Crippen LogP contribution in [0, 0.1) is 6.92 Å². The Balaban J connectivity index is 2.16. The standard InChI is InChI=1S/C25H18O8/c1-9-13-14(12-7-6-10-4-2-3-5-11(10)8-12)15-17(22(30)25(33)24(32)20(15)28)19(27)16(13)21(29)23(31)18(9)26/h2-8,26-33H,1H3. The lowest BCUT2D eigenvalue weighted by atomic mass is 9.86.